The predicted octanol–water partition coefficient (Wildman–Crippen LogP) is 5.32. The maximum atomic E-state index is 14.2. The molecule has 0 spiro atoms. The third kappa shape index (κ3) is 3.19. The Morgan fingerprint density at radius 1 is 1.33 bits per heavy atom. The number of benzene rings is 1. The lowest BCUT2D eigenvalue weighted by molar-refractivity contribution is 0.386. The molecule has 1 heterocycles. The van der Waals surface area contributed by atoms with Crippen LogP contribution in [0.15, 0.2) is 18.3 Å². The molecule has 3 rings (SSSR count). The molecule has 1 aliphatic carbocycles. The first kappa shape index (κ1) is 17.0. The van der Waals surface area contributed by atoms with Crippen molar-refractivity contribution in [3.05, 3.63) is 35.5 Å². The lowest BCUT2D eigenvalue weighted by atomic mass is 10.0. The van der Waals surface area contributed by atoms with Crippen LogP contribution in [0.2, 0.25) is 0 Å². The van der Waals surface area contributed by atoms with Crippen LogP contribution in [0.5, 0.6) is 5.75 Å². The molecule has 1 fully saturated rings. The molecule has 4 heteroatoms. The molecule has 1 unspecified atom stereocenters. The highest BCUT2D eigenvalue weighted by atomic mass is 19.1. The van der Waals surface area contributed by atoms with E-state index in [0.29, 0.717) is 6.04 Å². The minimum Gasteiger partial charge on any atom is -0.494 e. The van der Waals surface area contributed by atoms with Crippen LogP contribution in [-0.2, 0) is 6.42 Å². The predicted molar refractivity (Wildman–Crippen MR) is 95.0 cm³/mol. The molecule has 1 aromatic heterocycles. The number of nitrogens with zero attached hydrogens (tertiary/aromatic N) is 2. The van der Waals surface area contributed by atoms with E-state index < -0.39 is 0 Å². The first-order chi connectivity index (χ1) is 11.6. The smallest absolute Gasteiger partial charge is 0.165 e. The van der Waals surface area contributed by atoms with E-state index in [-0.39, 0.29) is 11.6 Å². The van der Waals surface area contributed by atoms with E-state index in [4.69, 9.17) is 9.72 Å². The fourth-order valence-corrected chi connectivity index (χ4v) is 3.58. The lowest BCUT2D eigenvalue weighted by Gasteiger charge is -2.19. The zero-order chi connectivity index (χ0) is 17.3. The van der Waals surface area contributed by atoms with Gasteiger partial charge in [-0.2, -0.15) is 0 Å². The van der Waals surface area contributed by atoms with E-state index in [2.05, 4.69) is 24.6 Å². The monoisotopic (exact) mass is 330 g/mol. The van der Waals surface area contributed by atoms with Gasteiger partial charge in [0.05, 0.1) is 12.8 Å². The molecule has 1 aliphatic rings. The Kier molecular flexibility index (Phi) is 4.93. The number of hydrogen-bond acceptors (Lipinski definition) is 2. The second-order valence-electron chi connectivity index (χ2n) is 6.80. The maximum Gasteiger partial charge on any atom is 0.165 e. The summed E-state index contributed by atoms with van der Waals surface area (Å²) in [5.74, 6) is 1.84. The Morgan fingerprint density at radius 2 is 2.08 bits per heavy atom. The van der Waals surface area contributed by atoms with Gasteiger partial charge in [-0.05, 0) is 49.8 Å². The Bertz CT molecular complexity index is 719. The molecular weight excluding hydrogens is 303 g/mol. The fraction of sp³-hybridized carbons (Fsp3) is 0.550. The van der Waals surface area contributed by atoms with Crippen molar-refractivity contribution in [3.63, 3.8) is 0 Å². The molecule has 0 bridgehead atoms. The largest absolute Gasteiger partial charge is 0.494 e. The average molecular weight is 330 g/mol. The van der Waals surface area contributed by atoms with E-state index in [1.54, 1.807) is 12.1 Å². The van der Waals surface area contributed by atoms with Crippen molar-refractivity contribution < 1.29 is 9.13 Å². The number of aromatic nitrogens is 2. The summed E-state index contributed by atoms with van der Waals surface area (Å²) in [5.41, 5.74) is 2.71. The second-order valence-corrected chi connectivity index (χ2v) is 6.80. The van der Waals surface area contributed by atoms with Gasteiger partial charge in [-0.25, -0.2) is 9.37 Å². The standard InChI is InChI=1S/C20H27FN2O/c1-5-7-18(14-8-9-14)23-12-17(22-20(23)6-2)15-11-16(21)19(24-4)10-13(15)3/h10-12,14,18H,5-9H2,1-4H3. The van der Waals surface area contributed by atoms with Gasteiger partial charge in [0.15, 0.2) is 11.6 Å². The van der Waals surface area contributed by atoms with Gasteiger partial charge in [-0.3, -0.25) is 0 Å². The van der Waals surface area contributed by atoms with Gasteiger partial charge in [-0.1, -0.05) is 20.3 Å². The lowest BCUT2D eigenvalue weighted by Crippen LogP contribution is -2.13. The molecular formula is C20H27FN2O. The summed E-state index contributed by atoms with van der Waals surface area (Å²) in [7, 11) is 1.49. The van der Waals surface area contributed by atoms with Crippen molar-refractivity contribution in [3.8, 4) is 17.0 Å². The Labute approximate surface area is 143 Å². The summed E-state index contributed by atoms with van der Waals surface area (Å²) in [6, 6.07) is 3.83. The van der Waals surface area contributed by atoms with Crippen molar-refractivity contribution in [1.29, 1.82) is 0 Å². The molecule has 130 valence electrons. The molecule has 0 saturated heterocycles. The van der Waals surface area contributed by atoms with Crippen LogP contribution >= 0.6 is 0 Å². The van der Waals surface area contributed by atoms with E-state index in [1.807, 2.05) is 6.92 Å². The Morgan fingerprint density at radius 3 is 2.67 bits per heavy atom. The fourth-order valence-electron chi connectivity index (χ4n) is 3.58. The van der Waals surface area contributed by atoms with Gasteiger partial charge in [0.25, 0.3) is 0 Å². The van der Waals surface area contributed by atoms with Crippen LogP contribution in [0.25, 0.3) is 11.3 Å². The number of ether oxygens (including phenoxy) is 1. The van der Waals surface area contributed by atoms with Gasteiger partial charge in [0.1, 0.15) is 5.82 Å². The third-order valence-corrected chi connectivity index (χ3v) is 5.01. The van der Waals surface area contributed by atoms with E-state index >= 15 is 0 Å². The molecule has 2 aromatic rings. The van der Waals surface area contributed by atoms with Crippen LogP contribution in [0.4, 0.5) is 4.39 Å². The third-order valence-electron chi connectivity index (χ3n) is 5.01. The molecule has 0 aliphatic heterocycles. The normalized spacial score (nSPS) is 15.5. The molecule has 1 aromatic carbocycles. The second kappa shape index (κ2) is 6.96. The molecule has 24 heavy (non-hydrogen) atoms. The number of imidazole rings is 1. The Balaban J connectivity index is 2.02. The van der Waals surface area contributed by atoms with E-state index in [1.165, 1.54) is 32.8 Å². The van der Waals surface area contributed by atoms with Gasteiger partial charge in [0, 0.05) is 24.2 Å². The summed E-state index contributed by atoms with van der Waals surface area (Å²) in [5, 5.41) is 0. The quantitative estimate of drug-likeness (QED) is 0.687. The highest BCUT2D eigenvalue weighted by Crippen LogP contribution is 2.43. The number of hydrogen-bond donors (Lipinski definition) is 0. The van der Waals surface area contributed by atoms with Crippen LogP contribution < -0.4 is 4.74 Å². The van der Waals surface area contributed by atoms with E-state index in [0.717, 1.165) is 35.0 Å². The zero-order valence-corrected chi connectivity index (χ0v) is 15.1. The zero-order valence-electron chi connectivity index (χ0n) is 15.1. The first-order valence-corrected chi connectivity index (χ1v) is 9.01. The SMILES string of the molecule is CCCC(C1CC1)n1cc(-c2cc(F)c(OC)cc2C)nc1CC. The minimum atomic E-state index is -0.335. The van der Waals surface area contributed by atoms with Crippen LogP contribution in [0.1, 0.15) is 57.0 Å². The number of halogens is 1. The first-order valence-electron chi connectivity index (χ1n) is 9.01. The van der Waals surface area contributed by atoms with Crippen molar-refractivity contribution >= 4 is 0 Å². The summed E-state index contributed by atoms with van der Waals surface area (Å²) in [4.78, 5) is 4.83. The van der Waals surface area contributed by atoms with Gasteiger partial charge in [0.2, 0.25) is 0 Å². The van der Waals surface area contributed by atoms with Crippen molar-refractivity contribution in [2.24, 2.45) is 5.92 Å². The van der Waals surface area contributed by atoms with Crippen molar-refractivity contribution in [2.75, 3.05) is 7.11 Å². The van der Waals surface area contributed by atoms with Crippen molar-refractivity contribution in [1.82, 2.24) is 9.55 Å². The summed E-state index contributed by atoms with van der Waals surface area (Å²) < 4.78 is 21.6. The van der Waals surface area contributed by atoms with Crippen LogP contribution in [0, 0.1) is 18.7 Å². The van der Waals surface area contributed by atoms with Crippen LogP contribution in [-0.4, -0.2) is 16.7 Å². The topological polar surface area (TPSA) is 27.1 Å². The van der Waals surface area contributed by atoms with Gasteiger partial charge < -0.3 is 9.30 Å². The van der Waals surface area contributed by atoms with Crippen LogP contribution in [0.3, 0.4) is 0 Å². The molecule has 0 N–H and O–H groups in total. The van der Waals surface area contributed by atoms with Gasteiger partial charge in [-0.15, -0.1) is 0 Å². The number of rotatable bonds is 7. The molecule has 0 radical (unpaired) electrons. The van der Waals surface area contributed by atoms with E-state index in [9.17, 15) is 4.39 Å². The number of methoxy groups -OCH3 is 1. The summed E-state index contributed by atoms with van der Waals surface area (Å²) in [6.45, 7) is 6.36. The van der Waals surface area contributed by atoms with Crippen molar-refractivity contribution in [2.45, 2.75) is 58.9 Å². The minimum absolute atomic E-state index is 0.285. The summed E-state index contributed by atoms with van der Waals surface area (Å²) >= 11 is 0. The highest BCUT2D eigenvalue weighted by Gasteiger charge is 2.33. The number of aryl methyl sites for hydroxylation is 2. The Hall–Kier alpha value is -1.84. The maximum absolute atomic E-state index is 14.2. The average Bonchev–Trinajstić information content (AvgIpc) is 3.33. The highest BCUT2D eigenvalue weighted by molar-refractivity contribution is 5.65. The molecule has 3 nitrogen and oxygen atoms in total. The molecule has 0 amide bonds. The molecule has 1 saturated carbocycles. The summed E-state index contributed by atoms with van der Waals surface area (Å²) in [6.07, 6.45) is 8.02. The van der Waals surface area contributed by atoms with Gasteiger partial charge >= 0.3 is 0 Å². The molecule has 1 atom stereocenters.